The fraction of sp³-hybridized carbons (Fsp3) is 0.538. The molecule has 0 bridgehead atoms. The molecule has 0 spiro atoms. The van der Waals surface area contributed by atoms with Crippen molar-refractivity contribution in [3.8, 4) is 0 Å². The number of thiophene rings is 1. The first-order chi connectivity index (χ1) is 9.26. The van der Waals surface area contributed by atoms with Gasteiger partial charge in [-0.3, -0.25) is 0 Å². The van der Waals surface area contributed by atoms with E-state index in [9.17, 15) is 5.11 Å². The Morgan fingerprint density at radius 3 is 3.00 bits per heavy atom. The molecule has 0 atom stereocenters. The standard InChI is InChI=1S/C13H18N4OS/c1-2-4-14-13-16-11(15-8-6-9(18)7-8)10-3-5-19-12(10)17-13/h3,5,8-9,18H,2,4,6-7H2,1H3,(H2,14,15,16,17). The molecule has 6 heteroatoms. The van der Waals surface area contributed by atoms with Crippen molar-refractivity contribution in [3.05, 3.63) is 11.4 Å². The summed E-state index contributed by atoms with van der Waals surface area (Å²) in [6.45, 7) is 2.99. The van der Waals surface area contributed by atoms with E-state index in [1.54, 1.807) is 11.3 Å². The number of anilines is 2. The second-order valence-electron chi connectivity index (χ2n) is 4.93. The van der Waals surface area contributed by atoms with Gasteiger partial charge in [-0.1, -0.05) is 6.92 Å². The third-order valence-corrected chi connectivity index (χ3v) is 4.12. The summed E-state index contributed by atoms with van der Waals surface area (Å²) in [7, 11) is 0. The molecule has 0 saturated heterocycles. The van der Waals surface area contributed by atoms with Gasteiger partial charge in [0, 0.05) is 12.6 Å². The Labute approximate surface area is 116 Å². The molecule has 2 aromatic rings. The van der Waals surface area contributed by atoms with Crippen LogP contribution in [0.15, 0.2) is 11.4 Å². The van der Waals surface area contributed by atoms with Crippen LogP contribution in [0.5, 0.6) is 0 Å². The second-order valence-corrected chi connectivity index (χ2v) is 5.82. The molecule has 5 nitrogen and oxygen atoms in total. The van der Waals surface area contributed by atoms with Gasteiger partial charge in [0.15, 0.2) is 0 Å². The quantitative estimate of drug-likeness (QED) is 0.783. The number of aliphatic hydroxyl groups excluding tert-OH is 1. The molecule has 1 aliphatic rings. The van der Waals surface area contributed by atoms with Crippen molar-refractivity contribution in [1.82, 2.24) is 9.97 Å². The van der Waals surface area contributed by atoms with Crippen molar-refractivity contribution >= 4 is 33.3 Å². The highest BCUT2D eigenvalue weighted by Gasteiger charge is 2.27. The Bertz CT molecular complexity index is 565. The number of hydrogen-bond donors (Lipinski definition) is 3. The molecule has 1 aliphatic carbocycles. The van der Waals surface area contributed by atoms with Gasteiger partial charge in [0.2, 0.25) is 5.95 Å². The van der Waals surface area contributed by atoms with E-state index < -0.39 is 0 Å². The van der Waals surface area contributed by atoms with Crippen molar-refractivity contribution in [2.45, 2.75) is 38.3 Å². The van der Waals surface area contributed by atoms with Crippen molar-refractivity contribution in [1.29, 1.82) is 0 Å². The summed E-state index contributed by atoms with van der Waals surface area (Å²) in [6.07, 6.45) is 2.49. The first-order valence-electron chi connectivity index (χ1n) is 6.70. The van der Waals surface area contributed by atoms with Crippen LogP contribution in [0.4, 0.5) is 11.8 Å². The zero-order valence-electron chi connectivity index (χ0n) is 10.9. The minimum Gasteiger partial charge on any atom is -0.393 e. The van der Waals surface area contributed by atoms with Gasteiger partial charge in [-0.05, 0) is 30.7 Å². The molecule has 0 aromatic carbocycles. The first-order valence-corrected chi connectivity index (χ1v) is 7.58. The third-order valence-electron chi connectivity index (χ3n) is 3.31. The zero-order chi connectivity index (χ0) is 13.2. The summed E-state index contributed by atoms with van der Waals surface area (Å²) in [5, 5.41) is 19.1. The summed E-state index contributed by atoms with van der Waals surface area (Å²) in [4.78, 5) is 10.1. The lowest BCUT2D eigenvalue weighted by Crippen LogP contribution is -2.39. The maximum Gasteiger partial charge on any atom is 0.226 e. The van der Waals surface area contributed by atoms with E-state index >= 15 is 0 Å². The van der Waals surface area contributed by atoms with E-state index in [-0.39, 0.29) is 6.10 Å². The average Bonchev–Trinajstić information content (AvgIpc) is 2.82. The Morgan fingerprint density at radius 1 is 1.42 bits per heavy atom. The first kappa shape index (κ1) is 12.6. The minimum atomic E-state index is -0.157. The molecule has 0 aliphatic heterocycles. The van der Waals surface area contributed by atoms with Gasteiger partial charge in [-0.25, -0.2) is 4.98 Å². The Balaban J connectivity index is 1.85. The van der Waals surface area contributed by atoms with E-state index in [1.807, 2.05) is 11.4 Å². The van der Waals surface area contributed by atoms with E-state index in [0.29, 0.717) is 12.0 Å². The normalized spacial score (nSPS) is 22.2. The number of aliphatic hydroxyl groups is 1. The van der Waals surface area contributed by atoms with Crippen molar-refractivity contribution in [2.75, 3.05) is 17.2 Å². The summed E-state index contributed by atoms with van der Waals surface area (Å²) in [5.41, 5.74) is 0. The minimum absolute atomic E-state index is 0.157. The number of rotatable bonds is 5. The van der Waals surface area contributed by atoms with Crippen LogP contribution >= 0.6 is 11.3 Å². The summed E-state index contributed by atoms with van der Waals surface area (Å²) in [6, 6.07) is 2.37. The molecule has 1 saturated carbocycles. The lowest BCUT2D eigenvalue weighted by atomic mass is 9.89. The Hall–Kier alpha value is -1.40. The number of fused-ring (bicyclic) bond motifs is 1. The fourth-order valence-electron chi connectivity index (χ4n) is 2.18. The predicted octanol–water partition coefficient (Wildman–Crippen LogP) is 2.45. The van der Waals surface area contributed by atoms with Crippen LogP contribution < -0.4 is 10.6 Å². The topological polar surface area (TPSA) is 70.1 Å². The SMILES string of the molecule is CCCNc1nc(NC2CC(O)C2)c2ccsc2n1. The van der Waals surface area contributed by atoms with Crippen LogP contribution in [0, 0.1) is 0 Å². The third kappa shape index (κ3) is 2.64. The molecular formula is C13H18N4OS. The molecule has 2 heterocycles. The highest BCUT2D eigenvalue weighted by molar-refractivity contribution is 7.16. The van der Waals surface area contributed by atoms with Gasteiger partial charge in [0.1, 0.15) is 10.6 Å². The molecule has 0 radical (unpaired) electrons. The van der Waals surface area contributed by atoms with E-state index in [1.165, 1.54) is 0 Å². The van der Waals surface area contributed by atoms with Crippen LogP contribution in [0.1, 0.15) is 26.2 Å². The maximum absolute atomic E-state index is 9.36. The van der Waals surface area contributed by atoms with Crippen LogP contribution in [-0.2, 0) is 0 Å². The summed E-state index contributed by atoms with van der Waals surface area (Å²) in [5.74, 6) is 1.56. The van der Waals surface area contributed by atoms with Crippen LogP contribution in [0.3, 0.4) is 0 Å². The molecule has 102 valence electrons. The van der Waals surface area contributed by atoms with Gasteiger partial charge in [0.05, 0.1) is 11.5 Å². The lowest BCUT2D eigenvalue weighted by Gasteiger charge is -2.32. The van der Waals surface area contributed by atoms with Gasteiger partial charge >= 0.3 is 0 Å². The average molecular weight is 278 g/mol. The van der Waals surface area contributed by atoms with Crippen LogP contribution in [-0.4, -0.2) is 33.8 Å². The second kappa shape index (κ2) is 5.30. The fourth-order valence-corrected chi connectivity index (χ4v) is 2.94. The molecule has 3 N–H and O–H groups in total. The molecule has 19 heavy (non-hydrogen) atoms. The van der Waals surface area contributed by atoms with Gasteiger partial charge in [-0.2, -0.15) is 4.98 Å². The monoisotopic (exact) mass is 278 g/mol. The smallest absolute Gasteiger partial charge is 0.226 e. The van der Waals surface area contributed by atoms with Gasteiger partial charge in [0.25, 0.3) is 0 Å². The lowest BCUT2D eigenvalue weighted by molar-refractivity contribution is 0.0836. The number of aromatic nitrogens is 2. The predicted molar refractivity (Wildman–Crippen MR) is 78.8 cm³/mol. The zero-order valence-corrected chi connectivity index (χ0v) is 11.7. The van der Waals surface area contributed by atoms with E-state index in [2.05, 4.69) is 27.5 Å². The highest BCUT2D eigenvalue weighted by atomic mass is 32.1. The van der Waals surface area contributed by atoms with Gasteiger partial charge < -0.3 is 15.7 Å². The molecule has 1 fully saturated rings. The molecular weight excluding hydrogens is 260 g/mol. The maximum atomic E-state index is 9.36. The Morgan fingerprint density at radius 2 is 2.26 bits per heavy atom. The molecule has 0 amide bonds. The number of nitrogens with one attached hydrogen (secondary N) is 2. The molecule has 3 rings (SSSR count). The van der Waals surface area contributed by atoms with E-state index in [0.717, 1.165) is 41.8 Å². The summed E-state index contributed by atoms with van der Waals surface area (Å²) >= 11 is 1.62. The van der Waals surface area contributed by atoms with Crippen molar-refractivity contribution in [2.24, 2.45) is 0 Å². The van der Waals surface area contributed by atoms with Crippen LogP contribution in [0.25, 0.3) is 10.2 Å². The number of hydrogen-bond acceptors (Lipinski definition) is 6. The molecule has 0 unspecified atom stereocenters. The Kier molecular flexibility index (Phi) is 3.52. The van der Waals surface area contributed by atoms with Gasteiger partial charge in [-0.15, -0.1) is 11.3 Å². The highest BCUT2D eigenvalue weighted by Crippen LogP contribution is 2.30. The number of nitrogens with zero attached hydrogens (tertiary/aromatic N) is 2. The van der Waals surface area contributed by atoms with Crippen molar-refractivity contribution in [3.63, 3.8) is 0 Å². The van der Waals surface area contributed by atoms with Crippen molar-refractivity contribution < 1.29 is 5.11 Å². The van der Waals surface area contributed by atoms with E-state index in [4.69, 9.17) is 0 Å². The summed E-state index contributed by atoms with van der Waals surface area (Å²) < 4.78 is 0. The largest absolute Gasteiger partial charge is 0.393 e. The molecule has 2 aromatic heterocycles. The van der Waals surface area contributed by atoms with Crippen LogP contribution in [0.2, 0.25) is 0 Å².